The van der Waals surface area contributed by atoms with Gasteiger partial charge in [0.15, 0.2) is 0 Å². The number of rotatable bonds is 2. The van der Waals surface area contributed by atoms with Gasteiger partial charge in [0, 0.05) is 12.8 Å². The lowest BCUT2D eigenvalue weighted by atomic mass is 9.69. The summed E-state index contributed by atoms with van der Waals surface area (Å²) in [6, 6.07) is 0. The second-order valence-corrected chi connectivity index (χ2v) is 11.8. The van der Waals surface area contributed by atoms with Crippen LogP contribution in [0.15, 0.2) is 0 Å². The molecule has 2 nitrogen and oxygen atoms in total. The zero-order valence-electron chi connectivity index (χ0n) is 19.6. The maximum Gasteiger partial charge on any atom is 0.132 e. The van der Waals surface area contributed by atoms with Crippen LogP contribution >= 0.6 is 0 Å². The van der Waals surface area contributed by atoms with E-state index in [0.717, 1.165) is 61.2 Å². The van der Waals surface area contributed by atoms with Gasteiger partial charge >= 0.3 is 0 Å². The van der Waals surface area contributed by atoms with Crippen molar-refractivity contribution in [2.24, 2.45) is 35.5 Å². The van der Waals surface area contributed by atoms with Gasteiger partial charge in [0.25, 0.3) is 0 Å². The van der Waals surface area contributed by atoms with Gasteiger partial charge in [-0.25, -0.2) is 0 Å². The van der Waals surface area contributed by atoms with Crippen molar-refractivity contribution in [1.82, 2.24) is 0 Å². The molecule has 0 atom stereocenters. The van der Waals surface area contributed by atoms with Crippen molar-refractivity contribution in [3.8, 4) is 0 Å². The number of ketones is 1. The van der Waals surface area contributed by atoms with Gasteiger partial charge < -0.3 is 5.11 Å². The monoisotopic (exact) mass is 404 g/mol. The van der Waals surface area contributed by atoms with Gasteiger partial charge in [-0.15, -0.1) is 0 Å². The van der Waals surface area contributed by atoms with Crippen LogP contribution in [-0.4, -0.2) is 16.5 Å². The molecule has 4 fully saturated rings. The Labute approximate surface area is 180 Å². The van der Waals surface area contributed by atoms with E-state index in [1.165, 1.54) is 77.0 Å². The molecule has 168 valence electrons. The Morgan fingerprint density at radius 1 is 0.621 bits per heavy atom. The van der Waals surface area contributed by atoms with Crippen molar-refractivity contribution in [1.29, 1.82) is 0 Å². The van der Waals surface area contributed by atoms with Crippen LogP contribution in [0.5, 0.6) is 0 Å². The number of aliphatic hydroxyl groups is 1. The van der Waals surface area contributed by atoms with Crippen molar-refractivity contribution in [3.05, 3.63) is 0 Å². The highest BCUT2D eigenvalue weighted by molar-refractivity contribution is 5.79. The Hall–Kier alpha value is -0.370. The molecule has 1 N–H and O–H groups in total. The number of Topliss-reactive ketones (excluding diaryl/α,β-unsaturated/α-hetero) is 1. The quantitative estimate of drug-likeness (QED) is 0.523. The normalized spacial score (nSPS) is 42.1. The van der Waals surface area contributed by atoms with Crippen molar-refractivity contribution < 1.29 is 9.90 Å². The zero-order chi connectivity index (χ0) is 20.9. The zero-order valence-corrected chi connectivity index (χ0v) is 19.6. The highest BCUT2D eigenvalue weighted by atomic mass is 16.3. The molecule has 2 heteroatoms. The number of hydrogen-bond acceptors (Lipinski definition) is 2. The first kappa shape index (κ1) is 23.3. The molecule has 0 heterocycles. The Morgan fingerprint density at radius 2 is 0.966 bits per heavy atom. The first-order valence-corrected chi connectivity index (χ1v) is 13.1. The highest BCUT2D eigenvalue weighted by Crippen LogP contribution is 2.42. The van der Waals surface area contributed by atoms with E-state index in [1.807, 2.05) is 6.92 Å². The molecule has 0 aromatic rings. The summed E-state index contributed by atoms with van der Waals surface area (Å²) in [6.07, 6.45) is 20.2. The van der Waals surface area contributed by atoms with E-state index in [9.17, 15) is 9.90 Å². The summed E-state index contributed by atoms with van der Waals surface area (Å²) in [4.78, 5) is 11.1. The molecule has 0 unspecified atom stereocenters. The molecule has 0 aromatic heterocycles. The molecule has 0 bridgehead atoms. The first-order valence-electron chi connectivity index (χ1n) is 13.1. The Balaban J connectivity index is 0.000000166. The van der Waals surface area contributed by atoms with Crippen molar-refractivity contribution in [3.63, 3.8) is 0 Å². The molecular weight excluding hydrogens is 356 g/mol. The summed E-state index contributed by atoms with van der Waals surface area (Å²) in [7, 11) is 0. The van der Waals surface area contributed by atoms with E-state index < -0.39 is 0 Å². The summed E-state index contributed by atoms with van der Waals surface area (Å²) in [5.74, 6) is 6.18. The topological polar surface area (TPSA) is 37.3 Å². The van der Waals surface area contributed by atoms with E-state index in [-0.39, 0.29) is 5.60 Å². The minimum absolute atomic E-state index is 0.349. The van der Waals surface area contributed by atoms with Crippen LogP contribution in [0.4, 0.5) is 0 Å². The van der Waals surface area contributed by atoms with Gasteiger partial charge in [0.1, 0.15) is 5.78 Å². The van der Waals surface area contributed by atoms with Crippen LogP contribution in [0.25, 0.3) is 0 Å². The van der Waals surface area contributed by atoms with Gasteiger partial charge in [-0.2, -0.15) is 0 Å². The van der Waals surface area contributed by atoms with E-state index in [2.05, 4.69) is 13.8 Å². The number of carbonyl (C=O) groups excluding carboxylic acids is 1. The summed E-state index contributed by atoms with van der Waals surface area (Å²) in [6.45, 7) is 6.77. The molecular formula is C27H48O2. The Kier molecular flexibility index (Phi) is 8.66. The first-order chi connectivity index (χ1) is 13.8. The Bertz CT molecular complexity index is 475. The number of hydrogen-bond donors (Lipinski definition) is 1. The van der Waals surface area contributed by atoms with Gasteiger partial charge in [0.2, 0.25) is 0 Å². The average Bonchev–Trinajstić information content (AvgIpc) is 2.71. The second-order valence-electron chi connectivity index (χ2n) is 11.8. The summed E-state index contributed by atoms with van der Waals surface area (Å²) < 4.78 is 0. The van der Waals surface area contributed by atoms with E-state index in [0.29, 0.717) is 5.78 Å². The molecule has 0 amide bonds. The van der Waals surface area contributed by atoms with Crippen molar-refractivity contribution in [2.45, 2.75) is 129 Å². The molecule has 0 spiro atoms. The molecule has 29 heavy (non-hydrogen) atoms. The third kappa shape index (κ3) is 7.37. The third-order valence-corrected chi connectivity index (χ3v) is 9.15. The lowest BCUT2D eigenvalue weighted by Gasteiger charge is -2.39. The summed E-state index contributed by atoms with van der Waals surface area (Å²) in [5, 5.41) is 9.93. The average molecular weight is 405 g/mol. The molecule has 4 saturated carbocycles. The molecule has 0 aromatic carbocycles. The maximum absolute atomic E-state index is 11.1. The third-order valence-electron chi connectivity index (χ3n) is 9.15. The molecule has 0 radical (unpaired) electrons. The largest absolute Gasteiger partial charge is 0.390 e. The minimum atomic E-state index is -0.349. The van der Waals surface area contributed by atoms with Crippen LogP contribution in [0, 0.1) is 35.5 Å². The molecule has 4 aliphatic rings. The van der Waals surface area contributed by atoms with Gasteiger partial charge in [-0.1, -0.05) is 39.5 Å². The van der Waals surface area contributed by atoms with Crippen LogP contribution in [0.1, 0.15) is 124 Å². The highest BCUT2D eigenvalue weighted by Gasteiger charge is 2.34. The predicted octanol–water partition coefficient (Wildman–Crippen LogP) is 7.33. The lowest BCUT2D eigenvalue weighted by Crippen LogP contribution is -2.33. The van der Waals surface area contributed by atoms with Gasteiger partial charge in [0.05, 0.1) is 5.60 Å². The standard InChI is InChI=1S/C14H26O.C13H22O/c1-11-3-5-12(6-4-11)13-7-9-14(2,15)10-8-13;1-10-2-4-11(5-3-10)12-6-8-13(14)9-7-12/h11-13,15H,3-10H2,1-2H3;10-12H,2-9H2,1H3. The van der Waals surface area contributed by atoms with Crippen LogP contribution in [0.2, 0.25) is 0 Å². The fourth-order valence-electron chi connectivity index (χ4n) is 6.68. The fourth-order valence-corrected chi connectivity index (χ4v) is 6.68. The molecule has 0 saturated heterocycles. The summed E-state index contributed by atoms with van der Waals surface area (Å²) in [5.41, 5.74) is -0.349. The minimum Gasteiger partial charge on any atom is -0.390 e. The predicted molar refractivity (Wildman–Crippen MR) is 122 cm³/mol. The van der Waals surface area contributed by atoms with E-state index in [1.54, 1.807) is 0 Å². The SMILES string of the molecule is CC1CCC(C2CCC(=O)CC2)CC1.CC1CCC(C2CCC(C)(O)CC2)CC1. The lowest BCUT2D eigenvalue weighted by molar-refractivity contribution is -0.121. The van der Waals surface area contributed by atoms with Crippen LogP contribution in [0.3, 0.4) is 0 Å². The molecule has 4 aliphatic carbocycles. The molecule has 4 rings (SSSR count). The second kappa shape index (κ2) is 10.8. The summed E-state index contributed by atoms with van der Waals surface area (Å²) >= 11 is 0. The Morgan fingerprint density at radius 3 is 1.38 bits per heavy atom. The van der Waals surface area contributed by atoms with Crippen molar-refractivity contribution in [2.75, 3.05) is 0 Å². The fraction of sp³-hybridized carbons (Fsp3) is 0.963. The molecule has 0 aliphatic heterocycles. The van der Waals surface area contributed by atoms with Crippen LogP contribution in [-0.2, 0) is 4.79 Å². The van der Waals surface area contributed by atoms with Gasteiger partial charge in [-0.05, 0) is 107 Å². The van der Waals surface area contributed by atoms with E-state index in [4.69, 9.17) is 0 Å². The number of carbonyl (C=O) groups is 1. The smallest absolute Gasteiger partial charge is 0.132 e. The van der Waals surface area contributed by atoms with Crippen molar-refractivity contribution >= 4 is 5.78 Å². The maximum atomic E-state index is 11.1. The van der Waals surface area contributed by atoms with Crippen LogP contribution < -0.4 is 0 Å². The van der Waals surface area contributed by atoms with E-state index >= 15 is 0 Å². The van der Waals surface area contributed by atoms with Gasteiger partial charge in [-0.3, -0.25) is 4.79 Å².